The van der Waals surface area contributed by atoms with Gasteiger partial charge in [-0.3, -0.25) is 9.36 Å². The number of nitrogens with one attached hydrogen (secondary N) is 2. The molecule has 0 bridgehead atoms. The SMILES string of the molecule is CCC(=O)n1c(C)cc2c(F)c(Oc3ncnc(Nc4ccc(N5CCNCC5)cn4)c3C#N)ccc21. The molecule has 3 aromatic heterocycles. The third kappa shape index (κ3) is 4.66. The summed E-state index contributed by atoms with van der Waals surface area (Å²) in [6.45, 7) is 7.15. The number of anilines is 3. The Kier molecular flexibility index (Phi) is 6.66. The molecule has 1 aliphatic heterocycles. The van der Waals surface area contributed by atoms with Gasteiger partial charge in [0, 0.05) is 43.7 Å². The molecule has 0 atom stereocenters. The Bertz CT molecular complexity index is 1500. The van der Waals surface area contributed by atoms with E-state index in [2.05, 4.69) is 30.5 Å². The lowest BCUT2D eigenvalue weighted by molar-refractivity contribution is 0.0912. The van der Waals surface area contributed by atoms with Crippen molar-refractivity contribution in [2.45, 2.75) is 20.3 Å². The van der Waals surface area contributed by atoms with Crippen LogP contribution >= 0.6 is 0 Å². The summed E-state index contributed by atoms with van der Waals surface area (Å²) in [6, 6.07) is 10.4. The molecule has 188 valence electrons. The number of piperazine rings is 1. The molecule has 0 amide bonds. The first-order valence-electron chi connectivity index (χ1n) is 12.0. The van der Waals surface area contributed by atoms with Crippen LogP contribution in [-0.2, 0) is 0 Å². The van der Waals surface area contributed by atoms with Gasteiger partial charge in [-0.25, -0.2) is 19.3 Å². The monoisotopic (exact) mass is 500 g/mol. The standard InChI is InChI=1S/C26H25FN8O2/c1-3-23(36)35-16(2)12-18-20(35)5-6-21(24(18)27)37-26-19(13-28)25(31-15-32-26)33-22-7-4-17(14-30-22)34-10-8-29-9-11-34/h4-7,12,14-15,29H,3,8-11H2,1-2H3,(H,30,31,32,33). The lowest BCUT2D eigenvalue weighted by Gasteiger charge is -2.29. The van der Waals surface area contributed by atoms with Gasteiger partial charge in [0.25, 0.3) is 0 Å². The Morgan fingerprint density at radius 3 is 2.73 bits per heavy atom. The molecule has 2 N–H and O–H groups in total. The number of pyridine rings is 1. The minimum atomic E-state index is -0.648. The largest absolute Gasteiger partial charge is 0.434 e. The highest BCUT2D eigenvalue weighted by Gasteiger charge is 2.20. The molecule has 10 nitrogen and oxygen atoms in total. The second-order valence-electron chi connectivity index (χ2n) is 8.56. The number of halogens is 1. The fourth-order valence-electron chi connectivity index (χ4n) is 4.36. The normalized spacial score (nSPS) is 13.4. The van der Waals surface area contributed by atoms with Gasteiger partial charge in [0.1, 0.15) is 18.2 Å². The third-order valence-corrected chi connectivity index (χ3v) is 6.23. The van der Waals surface area contributed by atoms with Gasteiger partial charge in [-0.05, 0) is 37.3 Å². The van der Waals surface area contributed by atoms with E-state index in [9.17, 15) is 10.1 Å². The molecule has 1 fully saturated rings. The van der Waals surface area contributed by atoms with Crippen LogP contribution in [0.1, 0.15) is 29.4 Å². The molecule has 37 heavy (non-hydrogen) atoms. The van der Waals surface area contributed by atoms with E-state index in [0.29, 0.717) is 23.4 Å². The van der Waals surface area contributed by atoms with Crippen LogP contribution in [-0.4, -0.2) is 51.6 Å². The zero-order valence-corrected chi connectivity index (χ0v) is 20.5. The Balaban J connectivity index is 1.41. The van der Waals surface area contributed by atoms with E-state index in [-0.39, 0.29) is 34.3 Å². The molecule has 4 aromatic rings. The quantitative estimate of drug-likeness (QED) is 0.402. The maximum absolute atomic E-state index is 15.4. The van der Waals surface area contributed by atoms with Crippen LogP contribution < -0.4 is 20.3 Å². The van der Waals surface area contributed by atoms with E-state index in [1.165, 1.54) is 17.0 Å². The smallest absolute Gasteiger partial charge is 0.242 e. The van der Waals surface area contributed by atoms with Crippen LogP contribution in [0.4, 0.5) is 21.7 Å². The van der Waals surface area contributed by atoms with Gasteiger partial charge in [-0.2, -0.15) is 5.26 Å². The number of benzene rings is 1. The van der Waals surface area contributed by atoms with Crippen molar-refractivity contribution in [3.05, 3.63) is 59.9 Å². The number of nitriles is 1. The van der Waals surface area contributed by atoms with Crippen molar-refractivity contribution >= 4 is 34.1 Å². The van der Waals surface area contributed by atoms with Gasteiger partial charge in [0.2, 0.25) is 11.8 Å². The second kappa shape index (κ2) is 10.2. The first kappa shape index (κ1) is 24.1. The molecule has 5 rings (SSSR count). The maximum Gasteiger partial charge on any atom is 0.242 e. The van der Waals surface area contributed by atoms with Crippen molar-refractivity contribution in [2.24, 2.45) is 0 Å². The van der Waals surface area contributed by atoms with Crippen LogP contribution in [0.2, 0.25) is 0 Å². The molecule has 0 radical (unpaired) electrons. The van der Waals surface area contributed by atoms with E-state index in [1.807, 2.05) is 12.1 Å². The van der Waals surface area contributed by atoms with Gasteiger partial charge in [0.15, 0.2) is 22.9 Å². The number of carbonyl (C=O) groups excluding carboxylic acids is 1. The number of hydrogen-bond donors (Lipinski definition) is 2. The highest BCUT2D eigenvalue weighted by atomic mass is 19.1. The summed E-state index contributed by atoms with van der Waals surface area (Å²) in [5.41, 5.74) is 2.09. The van der Waals surface area contributed by atoms with Crippen molar-refractivity contribution < 1.29 is 13.9 Å². The van der Waals surface area contributed by atoms with Gasteiger partial charge in [0.05, 0.1) is 17.4 Å². The Morgan fingerprint density at radius 2 is 2.03 bits per heavy atom. The van der Waals surface area contributed by atoms with E-state index in [1.54, 1.807) is 38.2 Å². The predicted molar refractivity (Wildman–Crippen MR) is 137 cm³/mol. The summed E-state index contributed by atoms with van der Waals surface area (Å²) in [7, 11) is 0. The van der Waals surface area contributed by atoms with Crippen LogP contribution in [0.15, 0.2) is 42.9 Å². The van der Waals surface area contributed by atoms with Crippen molar-refractivity contribution in [1.29, 1.82) is 5.26 Å². The first-order valence-corrected chi connectivity index (χ1v) is 12.0. The van der Waals surface area contributed by atoms with Gasteiger partial charge in [-0.1, -0.05) is 6.92 Å². The number of ether oxygens (including phenoxy) is 1. The van der Waals surface area contributed by atoms with Crippen LogP contribution in [0.5, 0.6) is 11.6 Å². The Hall–Kier alpha value is -4.56. The van der Waals surface area contributed by atoms with E-state index >= 15 is 4.39 Å². The molecular formula is C26H25FN8O2. The molecular weight excluding hydrogens is 475 g/mol. The van der Waals surface area contributed by atoms with Gasteiger partial charge in [-0.15, -0.1) is 0 Å². The first-order chi connectivity index (χ1) is 18.0. The fourth-order valence-corrected chi connectivity index (χ4v) is 4.36. The minimum absolute atomic E-state index is 0.00453. The summed E-state index contributed by atoms with van der Waals surface area (Å²) in [5.74, 6) is -0.319. The Labute approximate surface area is 212 Å². The predicted octanol–water partition coefficient (Wildman–Crippen LogP) is 4.14. The van der Waals surface area contributed by atoms with Crippen LogP contribution in [0.3, 0.4) is 0 Å². The molecule has 11 heteroatoms. The van der Waals surface area contributed by atoms with E-state index in [4.69, 9.17) is 4.74 Å². The van der Waals surface area contributed by atoms with Crippen molar-refractivity contribution in [1.82, 2.24) is 24.8 Å². The van der Waals surface area contributed by atoms with Crippen molar-refractivity contribution in [2.75, 3.05) is 36.4 Å². The highest BCUT2D eigenvalue weighted by Crippen LogP contribution is 2.34. The molecule has 0 spiro atoms. The molecule has 1 saturated heterocycles. The van der Waals surface area contributed by atoms with E-state index in [0.717, 1.165) is 31.9 Å². The molecule has 0 unspecified atom stereocenters. The molecule has 1 aromatic carbocycles. The number of nitrogens with zero attached hydrogens (tertiary/aromatic N) is 6. The average Bonchev–Trinajstić information content (AvgIpc) is 3.27. The summed E-state index contributed by atoms with van der Waals surface area (Å²) < 4.78 is 22.6. The fraction of sp³-hybridized carbons (Fsp3) is 0.269. The van der Waals surface area contributed by atoms with Gasteiger partial charge >= 0.3 is 0 Å². The zero-order valence-electron chi connectivity index (χ0n) is 20.5. The van der Waals surface area contributed by atoms with Crippen LogP contribution in [0, 0.1) is 24.1 Å². The van der Waals surface area contributed by atoms with Crippen molar-refractivity contribution in [3.8, 4) is 17.7 Å². The molecule has 1 aliphatic rings. The van der Waals surface area contributed by atoms with Crippen molar-refractivity contribution in [3.63, 3.8) is 0 Å². The molecule has 0 saturated carbocycles. The average molecular weight is 501 g/mol. The lowest BCUT2D eigenvalue weighted by atomic mass is 10.2. The van der Waals surface area contributed by atoms with Gasteiger partial charge < -0.3 is 20.3 Å². The summed E-state index contributed by atoms with van der Waals surface area (Å²) >= 11 is 0. The zero-order chi connectivity index (χ0) is 25.9. The summed E-state index contributed by atoms with van der Waals surface area (Å²) in [6.07, 6.45) is 3.28. The number of aromatic nitrogens is 4. The number of aryl methyl sites for hydroxylation is 1. The number of fused-ring (bicyclic) bond motifs is 1. The molecule has 4 heterocycles. The maximum atomic E-state index is 15.4. The minimum Gasteiger partial charge on any atom is -0.434 e. The summed E-state index contributed by atoms with van der Waals surface area (Å²) in [4.78, 5) is 27.2. The highest BCUT2D eigenvalue weighted by molar-refractivity contribution is 5.94. The second-order valence-corrected chi connectivity index (χ2v) is 8.56. The summed E-state index contributed by atoms with van der Waals surface area (Å²) in [5, 5.41) is 16.4. The molecule has 0 aliphatic carbocycles. The topological polar surface area (TPSA) is 121 Å². The Morgan fingerprint density at radius 1 is 1.22 bits per heavy atom. The van der Waals surface area contributed by atoms with Crippen LogP contribution in [0.25, 0.3) is 10.9 Å². The van der Waals surface area contributed by atoms with E-state index < -0.39 is 5.82 Å². The number of rotatable bonds is 6. The lowest BCUT2D eigenvalue weighted by Crippen LogP contribution is -2.43. The number of hydrogen-bond acceptors (Lipinski definition) is 9. The third-order valence-electron chi connectivity index (χ3n) is 6.23. The number of carbonyl (C=O) groups is 1.